The summed E-state index contributed by atoms with van der Waals surface area (Å²) in [5.74, 6) is -0.00341. The molecule has 0 aromatic heterocycles. The SMILES string of the molecule is CCCCCCCCCCCCCCCCCCCCCC(=O)O[C@H](COC(=O)CCCCCCCCCCCCCCCCCCCC)COC(=O)CCCCCCCCCCCCCC(C)C. The number of carbonyl (C=O) groups excluding carboxylic acids is 3. The van der Waals surface area contributed by atoms with Gasteiger partial charge in [0, 0.05) is 19.3 Å². The predicted molar refractivity (Wildman–Crippen MR) is 298 cm³/mol. The Morgan fingerprint density at radius 2 is 0.478 bits per heavy atom. The van der Waals surface area contributed by atoms with E-state index in [-0.39, 0.29) is 31.1 Å². The molecule has 0 radical (unpaired) electrons. The van der Waals surface area contributed by atoms with Gasteiger partial charge < -0.3 is 14.2 Å². The molecule has 0 amide bonds. The number of hydrogen-bond donors (Lipinski definition) is 0. The van der Waals surface area contributed by atoms with Crippen molar-refractivity contribution in [3.05, 3.63) is 0 Å². The van der Waals surface area contributed by atoms with Gasteiger partial charge in [0.1, 0.15) is 13.2 Å². The summed E-state index contributed by atoms with van der Waals surface area (Å²) in [5, 5.41) is 0. The fourth-order valence-corrected chi connectivity index (χ4v) is 9.81. The fourth-order valence-electron chi connectivity index (χ4n) is 9.81. The standard InChI is InChI=1S/C63H122O6/c1-5-7-9-11-13-15-17-19-21-23-25-27-29-31-35-40-44-48-52-56-63(66)69-60(58-68-62(65)55-51-47-43-39-36-32-33-37-41-45-49-53-59(3)4)57-67-61(64)54-50-46-42-38-34-30-28-26-24-22-20-18-16-14-12-10-8-6-2/h59-60H,5-58H2,1-4H3/t60-/m1/s1. The van der Waals surface area contributed by atoms with Gasteiger partial charge in [-0.3, -0.25) is 14.4 Å². The zero-order valence-corrected chi connectivity index (χ0v) is 47.3. The Labute approximate surface area is 431 Å². The Hall–Kier alpha value is -1.59. The first kappa shape index (κ1) is 67.4. The third kappa shape index (κ3) is 57.2. The lowest BCUT2D eigenvalue weighted by Crippen LogP contribution is -2.30. The van der Waals surface area contributed by atoms with Gasteiger partial charge in [0.05, 0.1) is 0 Å². The highest BCUT2D eigenvalue weighted by atomic mass is 16.6. The van der Waals surface area contributed by atoms with Gasteiger partial charge in [-0.2, -0.15) is 0 Å². The summed E-state index contributed by atoms with van der Waals surface area (Å²) in [5.41, 5.74) is 0. The van der Waals surface area contributed by atoms with Gasteiger partial charge in [-0.25, -0.2) is 0 Å². The van der Waals surface area contributed by atoms with Crippen molar-refractivity contribution in [2.45, 2.75) is 368 Å². The number of rotatable bonds is 58. The van der Waals surface area contributed by atoms with Crippen LogP contribution in [0.15, 0.2) is 0 Å². The second-order valence-corrected chi connectivity index (χ2v) is 22.2. The van der Waals surface area contributed by atoms with Crippen LogP contribution >= 0.6 is 0 Å². The molecule has 0 rings (SSSR count). The van der Waals surface area contributed by atoms with E-state index in [0.717, 1.165) is 63.7 Å². The summed E-state index contributed by atoms with van der Waals surface area (Å²) in [6, 6.07) is 0. The van der Waals surface area contributed by atoms with Crippen LogP contribution in [-0.4, -0.2) is 37.2 Å². The van der Waals surface area contributed by atoms with Crippen LogP contribution < -0.4 is 0 Å². The smallest absolute Gasteiger partial charge is 0.306 e. The van der Waals surface area contributed by atoms with Crippen molar-refractivity contribution in [3.8, 4) is 0 Å². The van der Waals surface area contributed by atoms with Gasteiger partial charge >= 0.3 is 17.9 Å². The molecule has 6 heteroatoms. The van der Waals surface area contributed by atoms with E-state index in [4.69, 9.17) is 14.2 Å². The first-order chi connectivity index (χ1) is 33.9. The Balaban J connectivity index is 4.27. The van der Waals surface area contributed by atoms with E-state index in [9.17, 15) is 14.4 Å². The van der Waals surface area contributed by atoms with Crippen molar-refractivity contribution in [1.29, 1.82) is 0 Å². The molecule has 0 aliphatic rings. The first-order valence-electron chi connectivity index (χ1n) is 31.4. The van der Waals surface area contributed by atoms with Crippen LogP contribution in [0.1, 0.15) is 362 Å². The topological polar surface area (TPSA) is 78.9 Å². The molecule has 0 aromatic carbocycles. The zero-order valence-electron chi connectivity index (χ0n) is 47.3. The number of carbonyl (C=O) groups is 3. The molecule has 0 aromatic rings. The lowest BCUT2D eigenvalue weighted by Gasteiger charge is -2.18. The molecule has 0 unspecified atom stereocenters. The minimum Gasteiger partial charge on any atom is -0.462 e. The van der Waals surface area contributed by atoms with Gasteiger partial charge in [-0.1, -0.05) is 323 Å². The van der Waals surface area contributed by atoms with E-state index in [2.05, 4.69) is 27.7 Å². The van der Waals surface area contributed by atoms with Crippen molar-refractivity contribution in [2.24, 2.45) is 5.92 Å². The van der Waals surface area contributed by atoms with Gasteiger partial charge in [-0.15, -0.1) is 0 Å². The predicted octanol–water partition coefficient (Wildman–Crippen LogP) is 21.0. The van der Waals surface area contributed by atoms with Crippen LogP contribution in [-0.2, 0) is 28.6 Å². The first-order valence-corrected chi connectivity index (χ1v) is 31.4. The third-order valence-electron chi connectivity index (χ3n) is 14.5. The average Bonchev–Trinajstić information content (AvgIpc) is 3.34. The number of hydrogen-bond acceptors (Lipinski definition) is 6. The van der Waals surface area contributed by atoms with Gasteiger partial charge in [0.25, 0.3) is 0 Å². The zero-order chi connectivity index (χ0) is 50.2. The fraction of sp³-hybridized carbons (Fsp3) is 0.952. The van der Waals surface area contributed by atoms with Gasteiger partial charge in [0.15, 0.2) is 6.10 Å². The highest BCUT2D eigenvalue weighted by Gasteiger charge is 2.19. The van der Waals surface area contributed by atoms with Crippen molar-refractivity contribution in [2.75, 3.05) is 13.2 Å². The minimum atomic E-state index is -0.763. The van der Waals surface area contributed by atoms with E-state index in [1.54, 1.807) is 0 Å². The van der Waals surface area contributed by atoms with Gasteiger partial charge in [0.2, 0.25) is 0 Å². The minimum absolute atomic E-state index is 0.0615. The van der Waals surface area contributed by atoms with Crippen molar-refractivity contribution in [3.63, 3.8) is 0 Å². The van der Waals surface area contributed by atoms with E-state index < -0.39 is 6.10 Å². The van der Waals surface area contributed by atoms with Crippen molar-refractivity contribution >= 4 is 17.9 Å². The van der Waals surface area contributed by atoms with Crippen LogP contribution in [0.2, 0.25) is 0 Å². The van der Waals surface area contributed by atoms with Crippen molar-refractivity contribution < 1.29 is 28.6 Å². The lowest BCUT2D eigenvalue weighted by molar-refractivity contribution is -0.167. The third-order valence-corrected chi connectivity index (χ3v) is 14.5. The average molecular weight is 976 g/mol. The molecule has 0 spiro atoms. The van der Waals surface area contributed by atoms with E-state index >= 15 is 0 Å². The summed E-state index contributed by atoms with van der Waals surface area (Å²) in [4.78, 5) is 38.3. The molecule has 69 heavy (non-hydrogen) atoms. The molecule has 1 atom stereocenters. The molecule has 0 fully saturated rings. The molecule has 0 aliphatic carbocycles. The second-order valence-electron chi connectivity index (χ2n) is 22.2. The van der Waals surface area contributed by atoms with Crippen molar-refractivity contribution in [1.82, 2.24) is 0 Å². The second kappa shape index (κ2) is 57.3. The molecular weight excluding hydrogens is 853 g/mol. The molecule has 0 saturated heterocycles. The molecule has 0 saturated carbocycles. The summed E-state index contributed by atoms with van der Waals surface area (Å²) < 4.78 is 16.9. The van der Waals surface area contributed by atoms with Crippen LogP contribution in [0.3, 0.4) is 0 Å². The Morgan fingerprint density at radius 1 is 0.275 bits per heavy atom. The molecule has 6 nitrogen and oxygen atoms in total. The molecule has 0 heterocycles. The summed E-state index contributed by atoms with van der Waals surface area (Å²) in [6.45, 7) is 9.07. The molecule has 0 N–H and O–H groups in total. The van der Waals surface area contributed by atoms with E-state index in [0.29, 0.717) is 19.3 Å². The normalized spacial score (nSPS) is 12.0. The number of esters is 3. The highest BCUT2D eigenvalue weighted by molar-refractivity contribution is 5.71. The monoisotopic (exact) mass is 975 g/mol. The Kier molecular flexibility index (Phi) is 56.0. The quantitative estimate of drug-likeness (QED) is 0.0343. The molecular formula is C63H122O6. The van der Waals surface area contributed by atoms with E-state index in [1.807, 2.05) is 0 Å². The summed E-state index contributed by atoms with van der Waals surface area (Å²) in [6.07, 6.45) is 63.9. The van der Waals surface area contributed by atoms with Crippen LogP contribution in [0.25, 0.3) is 0 Å². The van der Waals surface area contributed by atoms with Gasteiger partial charge in [-0.05, 0) is 25.2 Å². The van der Waals surface area contributed by atoms with Crippen LogP contribution in [0.4, 0.5) is 0 Å². The highest BCUT2D eigenvalue weighted by Crippen LogP contribution is 2.19. The molecule has 410 valence electrons. The molecule has 0 aliphatic heterocycles. The largest absolute Gasteiger partial charge is 0.462 e. The van der Waals surface area contributed by atoms with E-state index in [1.165, 1.54) is 257 Å². The summed E-state index contributed by atoms with van der Waals surface area (Å²) in [7, 11) is 0. The maximum Gasteiger partial charge on any atom is 0.306 e. The molecule has 0 bridgehead atoms. The Morgan fingerprint density at radius 3 is 0.710 bits per heavy atom. The summed E-state index contributed by atoms with van der Waals surface area (Å²) >= 11 is 0. The number of unbranched alkanes of at least 4 members (excludes halogenated alkanes) is 45. The van der Waals surface area contributed by atoms with Crippen LogP contribution in [0, 0.1) is 5.92 Å². The van der Waals surface area contributed by atoms with Crippen LogP contribution in [0.5, 0.6) is 0 Å². The maximum absolute atomic E-state index is 12.9. The lowest BCUT2D eigenvalue weighted by atomic mass is 10.0. The maximum atomic E-state index is 12.9. The Bertz CT molecular complexity index is 1040. The number of ether oxygens (including phenoxy) is 3.